The van der Waals surface area contributed by atoms with Crippen LogP contribution >= 0.6 is 11.6 Å². The van der Waals surface area contributed by atoms with Gasteiger partial charge in [-0.2, -0.15) is 0 Å². The van der Waals surface area contributed by atoms with Crippen LogP contribution in [0.3, 0.4) is 0 Å². The first-order valence-electron chi connectivity index (χ1n) is 4.57. The summed E-state index contributed by atoms with van der Waals surface area (Å²) in [5.74, 6) is 1.43. The molecule has 0 aromatic heterocycles. The minimum atomic E-state index is -0.0444. The molecule has 0 spiro atoms. The zero-order chi connectivity index (χ0) is 10.1. The van der Waals surface area contributed by atoms with Gasteiger partial charge in [0.05, 0.1) is 0 Å². The van der Waals surface area contributed by atoms with Crippen LogP contribution in [0.4, 0.5) is 0 Å². The fourth-order valence-electron chi connectivity index (χ4n) is 1.44. The molecule has 0 saturated carbocycles. The van der Waals surface area contributed by atoms with E-state index in [4.69, 9.17) is 26.8 Å². The Hall–Kier alpha value is -0.930. The highest BCUT2D eigenvalue weighted by Crippen LogP contribution is 2.38. The molecule has 0 fully saturated rings. The molecule has 76 valence electrons. The van der Waals surface area contributed by atoms with Crippen molar-refractivity contribution in [1.29, 1.82) is 0 Å². The zero-order valence-corrected chi connectivity index (χ0v) is 8.67. The van der Waals surface area contributed by atoms with E-state index in [1.807, 2.05) is 13.0 Å². The molecule has 0 saturated heterocycles. The van der Waals surface area contributed by atoms with Crippen LogP contribution in [0.5, 0.6) is 11.5 Å². The van der Waals surface area contributed by atoms with Crippen LogP contribution in [0, 0.1) is 0 Å². The van der Waals surface area contributed by atoms with Gasteiger partial charge in [-0.3, -0.25) is 0 Å². The second kappa shape index (κ2) is 3.67. The number of hydrogen-bond acceptors (Lipinski definition) is 3. The molecule has 2 rings (SSSR count). The monoisotopic (exact) mass is 213 g/mol. The SMILES string of the molecule is CCC(N)c1cc2c(cc1Cl)OCO2. The Balaban J connectivity index is 2.42. The minimum absolute atomic E-state index is 0.0444. The zero-order valence-electron chi connectivity index (χ0n) is 7.92. The molecule has 2 N–H and O–H groups in total. The minimum Gasteiger partial charge on any atom is -0.454 e. The maximum absolute atomic E-state index is 6.07. The van der Waals surface area contributed by atoms with E-state index in [1.54, 1.807) is 6.07 Å². The van der Waals surface area contributed by atoms with Crippen molar-refractivity contribution in [2.45, 2.75) is 19.4 Å². The fourth-order valence-corrected chi connectivity index (χ4v) is 1.73. The lowest BCUT2D eigenvalue weighted by Gasteiger charge is -2.11. The summed E-state index contributed by atoms with van der Waals surface area (Å²) in [6, 6.07) is 3.57. The molecule has 1 heterocycles. The molecule has 3 nitrogen and oxygen atoms in total. The smallest absolute Gasteiger partial charge is 0.231 e. The summed E-state index contributed by atoms with van der Waals surface area (Å²) in [7, 11) is 0. The second-order valence-electron chi connectivity index (χ2n) is 3.24. The number of hydrogen-bond donors (Lipinski definition) is 1. The van der Waals surface area contributed by atoms with Gasteiger partial charge in [-0.15, -0.1) is 0 Å². The molecule has 0 bridgehead atoms. The Bertz CT molecular complexity index is 354. The first kappa shape index (κ1) is 9.62. The molecular formula is C10H12ClNO2. The van der Waals surface area contributed by atoms with E-state index in [0.29, 0.717) is 10.8 Å². The molecule has 1 aliphatic rings. The number of benzene rings is 1. The van der Waals surface area contributed by atoms with Crippen LogP contribution in [0.15, 0.2) is 12.1 Å². The van der Waals surface area contributed by atoms with Crippen molar-refractivity contribution >= 4 is 11.6 Å². The molecule has 4 heteroatoms. The molecule has 0 aliphatic carbocycles. The molecule has 1 aliphatic heterocycles. The van der Waals surface area contributed by atoms with Crippen LogP contribution < -0.4 is 15.2 Å². The third-order valence-corrected chi connectivity index (χ3v) is 2.66. The largest absolute Gasteiger partial charge is 0.454 e. The molecule has 1 unspecified atom stereocenters. The van der Waals surface area contributed by atoms with Crippen molar-refractivity contribution in [3.05, 3.63) is 22.7 Å². The van der Waals surface area contributed by atoms with Crippen molar-refractivity contribution < 1.29 is 9.47 Å². The molecular weight excluding hydrogens is 202 g/mol. The predicted octanol–water partition coefficient (Wildman–Crippen LogP) is 2.48. The van der Waals surface area contributed by atoms with Gasteiger partial charge in [0.15, 0.2) is 11.5 Å². The normalized spacial score (nSPS) is 15.6. The van der Waals surface area contributed by atoms with Gasteiger partial charge in [0.2, 0.25) is 6.79 Å². The molecule has 1 aromatic carbocycles. The number of nitrogens with two attached hydrogens (primary N) is 1. The van der Waals surface area contributed by atoms with E-state index in [-0.39, 0.29) is 12.8 Å². The third kappa shape index (κ3) is 1.53. The standard InChI is InChI=1S/C10H12ClNO2/c1-2-8(12)6-3-9-10(4-7(6)11)14-5-13-9/h3-4,8H,2,5,12H2,1H3. The highest BCUT2D eigenvalue weighted by atomic mass is 35.5. The summed E-state index contributed by atoms with van der Waals surface area (Å²) in [4.78, 5) is 0. The maximum atomic E-state index is 6.07. The summed E-state index contributed by atoms with van der Waals surface area (Å²) >= 11 is 6.07. The van der Waals surface area contributed by atoms with Crippen molar-refractivity contribution in [3.63, 3.8) is 0 Å². The van der Waals surface area contributed by atoms with Crippen molar-refractivity contribution in [1.82, 2.24) is 0 Å². The van der Waals surface area contributed by atoms with Gasteiger partial charge in [0.1, 0.15) is 0 Å². The van der Waals surface area contributed by atoms with Crippen LogP contribution in [-0.4, -0.2) is 6.79 Å². The van der Waals surface area contributed by atoms with Crippen LogP contribution in [-0.2, 0) is 0 Å². The lowest BCUT2D eigenvalue weighted by molar-refractivity contribution is 0.174. The highest BCUT2D eigenvalue weighted by molar-refractivity contribution is 6.31. The predicted molar refractivity (Wildman–Crippen MR) is 54.8 cm³/mol. The average Bonchev–Trinajstić information content (AvgIpc) is 2.62. The van der Waals surface area contributed by atoms with Crippen molar-refractivity contribution in [2.24, 2.45) is 5.73 Å². The van der Waals surface area contributed by atoms with E-state index < -0.39 is 0 Å². The Kier molecular flexibility index (Phi) is 2.52. The van der Waals surface area contributed by atoms with Crippen LogP contribution in [0.25, 0.3) is 0 Å². The number of rotatable bonds is 2. The first-order valence-corrected chi connectivity index (χ1v) is 4.94. The van der Waals surface area contributed by atoms with E-state index in [0.717, 1.165) is 17.7 Å². The Morgan fingerprint density at radius 1 is 1.43 bits per heavy atom. The van der Waals surface area contributed by atoms with E-state index in [9.17, 15) is 0 Å². The average molecular weight is 214 g/mol. The molecule has 0 radical (unpaired) electrons. The first-order chi connectivity index (χ1) is 6.72. The summed E-state index contributed by atoms with van der Waals surface area (Å²) in [5, 5.41) is 0.642. The summed E-state index contributed by atoms with van der Waals surface area (Å²) in [5.41, 5.74) is 6.82. The van der Waals surface area contributed by atoms with E-state index in [1.165, 1.54) is 0 Å². The molecule has 1 aromatic rings. The van der Waals surface area contributed by atoms with Gasteiger partial charge >= 0.3 is 0 Å². The van der Waals surface area contributed by atoms with Crippen LogP contribution in [0.2, 0.25) is 5.02 Å². The third-order valence-electron chi connectivity index (χ3n) is 2.33. The Morgan fingerprint density at radius 3 is 2.71 bits per heavy atom. The molecule has 0 amide bonds. The topological polar surface area (TPSA) is 44.5 Å². The molecule has 1 atom stereocenters. The number of ether oxygens (including phenoxy) is 2. The van der Waals surface area contributed by atoms with Crippen molar-refractivity contribution in [2.75, 3.05) is 6.79 Å². The lowest BCUT2D eigenvalue weighted by Crippen LogP contribution is -2.09. The van der Waals surface area contributed by atoms with Gasteiger partial charge < -0.3 is 15.2 Å². The van der Waals surface area contributed by atoms with E-state index in [2.05, 4.69) is 0 Å². The number of halogens is 1. The quantitative estimate of drug-likeness (QED) is 0.821. The fraction of sp³-hybridized carbons (Fsp3) is 0.400. The summed E-state index contributed by atoms with van der Waals surface area (Å²) in [6.07, 6.45) is 0.847. The number of fused-ring (bicyclic) bond motifs is 1. The van der Waals surface area contributed by atoms with Crippen molar-refractivity contribution in [3.8, 4) is 11.5 Å². The van der Waals surface area contributed by atoms with Gasteiger partial charge in [0, 0.05) is 17.1 Å². The van der Waals surface area contributed by atoms with Crippen LogP contribution in [0.1, 0.15) is 24.9 Å². The van der Waals surface area contributed by atoms with Gasteiger partial charge in [0.25, 0.3) is 0 Å². The second-order valence-corrected chi connectivity index (χ2v) is 3.65. The van der Waals surface area contributed by atoms with Gasteiger partial charge in [-0.1, -0.05) is 18.5 Å². The Labute approximate surface area is 87.8 Å². The summed E-state index contributed by atoms with van der Waals surface area (Å²) in [6.45, 7) is 2.28. The maximum Gasteiger partial charge on any atom is 0.231 e. The Morgan fingerprint density at radius 2 is 2.07 bits per heavy atom. The van der Waals surface area contributed by atoms with E-state index >= 15 is 0 Å². The van der Waals surface area contributed by atoms with Gasteiger partial charge in [-0.05, 0) is 18.1 Å². The lowest BCUT2D eigenvalue weighted by atomic mass is 10.0. The summed E-state index contributed by atoms with van der Waals surface area (Å²) < 4.78 is 10.5. The van der Waals surface area contributed by atoms with Gasteiger partial charge in [-0.25, -0.2) is 0 Å². The molecule has 14 heavy (non-hydrogen) atoms. The highest BCUT2D eigenvalue weighted by Gasteiger charge is 2.18.